The van der Waals surface area contributed by atoms with Crippen molar-refractivity contribution < 1.29 is 4.79 Å². The molecular weight excluding hydrogens is 288 g/mol. The summed E-state index contributed by atoms with van der Waals surface area (Å²) < 4.78 is 0. The fourth-order valence-electron chi connectivity index (χ4n) is 2.41. The lowest BCUT2D eigenvalue weighted by molar-refractivity contribution is -0.120. The first-order valence-electron chi connectivity index (χ1n) is 7.76. The number of amides is 1. The largest absolute Gasteiger partial charge is 0.352 e. The number of fused-ring (bicyclic) bond motifs is 1. The first kappa shape index (κ1) is 15.2. The van der Waals surface area contributed by atoms with E-state index in [1.807, 2.05) is 30.3 Å². The molecule has 118 valence electrons. The van der Waals surface area contributed by atoms with E-state index in [2.05, 4.69) is 34.1 Å². The van der Waals surface area contributed by atoms with Crippen LogP contribution in [-0.4, -0.2) is 20.9 Å². The highest BCUT2D eigenvalue weighted by atomic mass is 16.1. The average Bonchev–Trinajstić information content (AvgIpc) is 2.97. The number of imidazole rings is 1. The zero-order valence-corrected chi connectivity index (χ0v) is 13.3. The Labute approximate surface area is 135 Å². The van der Waals surface area contributed by atoms with Crippen LogP contribution in [0.25, 0.3) is 11.0 Å². The van der Waals surface area contributed by atoms with Gasteiger partial charge < -0.3 is 10.3 Å². The smallest absolute Gasteiger partial charge is 0.224 e. The fraction of sp³-hybridized carbons (Fsp3) is 0.278. The zero-order chi connectivity index (χ0) is 16.2. The number of nitrogens with one attached hydrogen (secondary N) is 2. The van der Waals surface area contributed by atoms with Gasteiger partial charge in [-0.1, -0.05) is 19.9 Å². The molecule has 5 nitrogen and oxygen atoms in total. The third-order valence-corrected chi connectivity index (χ3v) is 3.72. The van der Waals surface area contributed by atoms with Crippen molar-refractivity contribution in [2.45, 2.75) is 32.7 Å². The molecule has 3 rings (SSSR count). The summed E-state index contributed by atoms with van der Waals surface area (Å²) in [6, 6.07) is 9.71. The van der Waals surface area contributed by atoms with E-state index >= 15 is 0 Å². The second kappa shape index (κ2) is 6.60. The van der Waals surface area contributed by atoms with Crippen molar-refractivity contribution in [3.05, 3.63) is 59.7 Å². The van der Waals surface area contributed by atoms with Gasteiger partial charge in [0, 0.05) is 24.9 Å². The van der Waals surface area contributed by atoms with Crippen LogP contribution >= 0.6 is 0 Å². The van der Waals surface area contributed by atoms with Crippen molar-refractivity contribution in [3.63, 3.8) is 0 Å². The summed E-state index contributed by atoms with van der Waals surface area (Å²) in [6.07, 6.45) is 3.80. The minimum Gasteiger partial charge on any atom is -0.352 e. The predicted octanol–water partition coefficient (Wildman–Crippen LogP) is 2.94. The van der Waals surface area contributed by atoms with E-state index in [1.165, 1.54) is 0 Å². The number of nitrogens with zero attached hydrogens (tertiary/aromatic N) is 2. The molecule has 0 aliphatic carbocycles. The molecule has 3 aromatic rings. The van der Waals surface area contributed by atoms with Crippen LogP contribution in [-0.2, 0) is 17.8 Å². The summed E-state index contributed by atoms with van der Waals surface area (Å²) in [5.74, 6) is 1.33. The van der Waals surface area contributed by atoms with Crippen molar-refractivity contribution >= 4 is 16.9 Å². The SMILES string of the molecule is CC(C)c1nc2ccc(CC(=O)NCc3ccncc3)cc2[nH]1. The monoisotopic (exact) mass is 308 g/mol. The summed E-state index contributed by atoms with van der Waals surface area (Å²) >= 11 is 0. The molecule has 0 spiro atoms. The Bertz CT molecular complexity index is 808. The lowest BCUT2D eigenvalue weighted by atomic mass is 10.1. The summed E-state index contributed by atoms with van der Waals surface area (Å²) in [6.45, 7) is 4.72. The molecule has 0 fully saturated rings. The highest BCUT2D eigenvalue weighted by Gasteiger charge is 2.09. The number of hydrogen-bond donors (Lipinski definition) is 2. The Morgan fingerprint density at radius 1 is 1.17 bits per heavy atom. The molecule has 5 heteroatoms. The molecule has 0 unspecified atom stereocenters. The number of hydrogen-bond acceptors (Lipinski definition) is 3. The van der Waals surface area contributed by atoms with Gasteiger partial charge in [-0.3, -0.25) is 9.78 Å². The Morgan fingerprint density at radius 3 is 2.70 bits per heavy atom. The van der Waals surface area contributed by atoms with E-state index in [1.54, 1.807) is 12.4 Å². The average molecular weight is 308 g/mol. The minimum absolute atomic E-state index is 0.00441. The molecule has 23 heavy (non-hydrogen) atoms. The van der Waals surface area contributed by atoms with Crippen LogP contribution in [0.15, 0.2) is 42.7 Å². The van der Waals surface area contributed by atoms with E-state index in [0.29, 0.717) is 18.9 Å². The summed E-state index contributed by atoms with van der Waals surface area (Å²) in [4.78, 5) is 23.9. The van der Waals surface area contributed by atoms with E-state index in [4.69, 9.17) is 0 Å². The van der Waals surface area contributed by atoms with Crippen molar-refractivity contribution in [1.82, 2.24) is 20.3 Å². The maximum absolute atomic E-state index is 12.1. The lowest BCUT2D eigenvalue weighted by Crippen LogP contribution is -2.24. The maximum Gasteiger partial charge on any atom is 0.224 e. The Hall–Kier alpha value is -2.69. The number of aromatic nitrogens is 3. The van der Waals surface area contributed by atoms with Gasteiger partial charge in [0.05, 0.1) is 17.5 Å². The van der Waals surface area contributed by atoms with Gasteiger partial charge in [0.1, 0.15) is 5.82 Å². The highest BCUT2D eigenvalue weighted by molar-refractivity contribution is 5.81. The second-order valence-corrected chi connectivity index (χ2v) is 5.94. The number of carbonyl (C=O) groups excluding carboxylic acids is 1. The van der Waals surface area contributed by atoms with Crippen molar-refractivity contribution in [2.75, 3.05) is 0 Å². The first-order chi connectivity index (χ1) is 11.1. The van der Waals surface area contributed by atoms with Gasteiger partial charge >= 0.3 is 0 Å². The molecule has 2 aromatic heterocycles. The molecule has 2 N–H and O–H groups in total. The molecule has 2 heterocycles. The highest BCUT2D eigenvalue weighted by Crippen LogP contribution is 2.18. The normalized spacial score (nSPS) is 11.1. The Morgan fingerprint density at radius 2 is 1.96 bits per heavy atom. The van der Waals surface area contributed by atoms with Gasteiger partial charge in [0.25, 0.3) is 0 Å². The van der Waals surface area contributed by atoms with Crippen LogP contribution in [0.3, 0.4) is 0 Å². The topological polar surface area (TPSA) is 70.7 Å². The van der Waals surface area contributed by atoms with Gasteiger partial charge in [-0.15, -0.1) is 0 Å². The molecule has 1 aromatic carbocycles. The number of rotatable bonds is 5. The molecule has 0 atom stereocenters. The van der Waals surface area contributed by atoms with Gasteiger partial charge in [0.15, 0.2) is 0 Å². The first-order valence-corrected chi connectivity index (χ1v) is 7.76. The Kier molecular flexibility index (Phi) is 4.37. The number of carbonyl (C=O) groups is 1. The van der Waals surface area contributed by atoms with E-state index in [-0.39, 0.29) is 5.91 Å². The Balaban J connectivity index is 1.65. The van der Waals surface area contributed by atoms with E-state index in [9.17, 15) is 4.79 Å². The van der Waals surface area contributed by atoms with Crippen molar-refractivity contribution in [2.24, 2.45) is 0 Å². The molecule has 1 amide bonds. The number of aromatic amines is 1. The van der Waals surface area contributed by atoms with Crippen molar-refractivity contribution in [1.29, 1.82) is 0 Å². The molecule has 0 saturated carbocycles. The van der Waals surface area contributed by atoms with Crippen LogP contribution in [0.5, 0.6) is 0 Å². The number of H-pyrrole nitrogens is 1. The lowest BCUT2D eigenvalue weighted by Gasteiger charge is -2.05. The molecule has 0 saturated heterocycles. The quantitative estimate of drug-likeness (QED) is 0.761. The predicted molar refractivity (Wildman–Crippen MR) is 90.0 cm³/mol. The third kappa shape index (κ3) is 3.74. The maximum atomic E-state index is 12.1. The van der Waals surface area contributed by atoms with Crippen LogP contribution in [0, 0.1) is 0 Å². The zero-order valence-electron chi connectivity index (χ0n) is 13.3. The van der Waals surface area contributed by atoms with E-state index in [0.717, 1.165) is 28.0 Å². The molecule has 0 aliphatic heterocycles. The standard InChI is InChI=1S/C18H20N4O/c1-12(2)18-21-15-4-3-14(9-16(15)22-18)10-17(23)20-11-13-5-7-19-8-6-13/h3-9,12H,10-11H2,1-2H3,(H,20,23)(H,21,22). The van der Waals surface area contributed by atoms with Gasteiger partial charge in [-0.2, -0.15) is 0 Å². The van der Waals surface area contributed by atoms with Crippen LogP contribution in [0.1, 0.15) is 36.7 Å². The summed E-state index contributed by atoms with van der Waals surface area (Å²) in [7, 11) is 0. The van der Waals surface area contributed by atoms with Crippen LogP contribution in [0.2, 0.25) is 0 Å². The van der Waals surface area contributed by atoms with Gasteiger partial charge in [-0.05, 0) is 35.4 Å². The third-order valence-electron chi connectivity index (χ3n) is 3.72. The van der Waals surface area contributed by atoms with E-state index < -0.39 is 0 Å². The number of benzene rings is 1. The number of pyridine rings is 1. The second-order valence-electron chi connectivity index (χ2n) is 5.94. The fourth-order valence-corrected chi connectivity index (χ4v) is 2.41. The van der Waals surface area contributed by atoms with Crippen LogP contribution in [0.4, 0.5) is 0 Å². The van der Waals surface area contributed by atoms with Gasteiger partial charge in [0.2, 0.25) is 5.91 Å². The summed E-state index contributed by atoms with van der Waals surface area (Å²) in [5, 5.41) is 2.93. The molecule has 0 bridgehead atoms. The molecular formula is C18H20N4O. The van der Waals surface area contributed by atoms with Crippen molar-refractivity contribution in [3.8, 4) is 0 Å². The minimum atomic E-state index is 0.00441. The molecule has 0 aliphatic rings. The van der Waals surface area contributed by atoms with Crippen LogP contribution < -0.4 is 5.32 Å². The van der Waals surface area contributed by atoms with Gasteiger partial charge in [-0.25, -0.2) is 4.98 Å². The summed E-state index contributed by atoms with van der Waals surface area (Å²) in [5.41, 5.74) is 3.94. The molecule has 0 radical (unpaired) electrons.